The summed E-state index contributed by atoms with van der Waals surface area (Å²) >= 11 is 0. The summed E-state index contributed by atoms with van der Waals surface area (Å²) in [6.07, 6.45) is 3.64. The van der Waals surface area contributed by atoms with E-state index in [-0.39, 0.29) is 12.0 Å². The van der Waals surface area contributed by atoms with Crippen molar-refractivity contribution < 1.29 is 19.1 Å². The molecular weight excluding hydrogens is 346 g/mol. The fraction of sp³-hybridized carbons (Fsp3) is 0.350. The van der Waals surface area contributed by atoms with Crippen LogP contribution in [0.1, 0.15) is 40.5 Å². The smallest absolute Gasteiger partial charge is 0.340 e. The van der Waals surface area contributed by atoms with Gasteiger partial charge in [0.15, 0.2) is 0 Å². The van der Waals surface area contributed by atoms with Crippen molar-refractivity contribution in [2.24, 2.45) is 0 Å². The Balaban J connectivity index is 1.69. The monoisotopic (exact) mass is 369 g/mol. The predicted octanol–water partition coefficient (Wildman–Crippen LogP) is 2.91. The van der Waals surface area contributed by atoms with Crippen molar-refractivity contribution in [2.45, 2.75) is 25.9 Å². The van der Waals surface area contributed by atoms with E-state index in [4.69, 9.17) is 9.47 Å². The van der Waals surface area contributed by atoms with E-state index < -0.39 is 5.97 Å². The summed E-state index contributed by atoms with van der Waals surface area (Å²) in [7, 11) is 0. The zero-order valence-electron chi connectivity index (χ0n) is 15.2. The molecule has 0 radical (unpaired) electrons. The Morgan fingerprint density at radius 3 is 2.93 bits per heavy atom. The first-order chi connectivity index (χ1) is 13.2. The minimum atomic E-state index is -0.411. The number of nitrogens with zero attached hydrogens (tertiary/aromatic N) is 1. The van der Waals surface area contributed by atoms with Crippen molar-refractivity contribution in [3.8, 4) is 0 Å². The number of benzene rings is 1. The average molecular weight is 369 g/mol. The Morgan fingerprint density at radius 2 is 2.15 bits per heavy atom. The third kappa shape index (κ3) is 5.04. The molecule has 7 nitrogen and oxygen atoms in total. The van der Waals surface area contributed by atoms with Gasteiger partial charge in [0.2, 0.25) is 0 Å². The molecule has 7 heteroatoms. The van der Waals surface area contributed by atoms with Crippen molar-refractivity contribution in [3.05, 3.63) is 53.7 Å². The molecule has 2 heterocycles. The van der Waals surface area contributed by atoms with Crippen molar-refractivity contribution in [1.29, 1.82) is 0 Å². The Morgan fingerprint density at radius 1 is 1.30 bits per heavy atom. The van der Waals surface area contributed by atoms with Crippen LogP contribution in [0.15, 0.2) is 42.6 Å². The molecule has 1 atom stereocenters. The molecule has 0 saturated carbocycles. The lowest BCUT2D eigenvalue weighted by molar-refractivity contribution is 0.0527. The van der Waals surface area contributed by atoms with Crippen LogP contribution in [-0.2, 0) is 9.47 Å². The van der Waals surface area contributed by atoms with Gasteiger partial charge in [-0.3, -0.25) is 4.79 Å². The van der Waals surface area contributed by atoms with Crippen LogP contribution in [0.2, 0.25) is 0 Å². The van der Waals surface area contributed by atoms with E-state index in [1.807, 2.05) is 6.07 Å². The molecule has 1 aliphatic rings. The van der Waals surface area contributed by atoms with Crippen molar-refractivity contribution in [3.63, 3.8) is 0 Å². The molecule has 2 aromatic rings. The third-order valence-corrected chi connectivity index (χ3v) is 4.22. The molecule has 0 spiro atoms. The zero-order chi connectivity index (χ0) is 19.1. The zero-order valence-corrected chi connectivity index (χ0v) is 15.2. The summed E-state index contributed by atoms with van der Waals surface area (Å²) in [5, 5.41) is 5.97. The van der Waals surface area contributed by atoms with Gasteiger partial charge in [0.1, 0.15) is 5.82 Å². The summed E-state index contributed by atoms with van der Waals surface area (Å²) in [6, 6.07) is 10.3. The van der Waals surface area contributed by atoms with Gasteiger partial charge in [0.25, 0.3) is 5.91 Å². The number of pyridine rings is 1. The maximum Gasteiger partial charge on any atom is 0.340 e. The van der Waals surface area contributed by atoms with Crippen LogP contribution < -0.4 is 10.6 Å². The fourth-order valence-corrected chi connectivity index (χ4v) is 2.87. The largest absolute Gasteiger partial charge is 0.462 e. The number of esters is 1. The summed E-state index contributed by atoms with van der Waals surface area (Å²) in [6.45, 7) is 3.30. The molecule has 142 valence electrons. The first-order valence-electron chi connectivity index (χ1n) is 9.06. The number of para-hydroxylation sites is 1. The van der Waals surface area contributed by atoms with Crippen LogP contribution in [0.3, 0.4) is 0 Å². The quantitative estimate of drug-likeness (QED) is 0.730. The van der Waals surface area contributed by atoms with Gasteiger partial charge in [-0.15, -0.1) is 0 Å². The molecule has 1 aliphatic heterocycles. The van der Waals surface area contributed by atoms with Gasteiger partial charge in [-0.25, -0.2) is 9.78 Å². The first-order valence-corrected chi connectivity index (χ1v) is 9.06. The number of nitrogens with one attached hydrogen (secondary N) is 2. The Kier molecular flexibility index (Phi) is 6.38. The summed E-state index contributed by atoms with van der Waals surface area (Å²) < 4.78 is 10.6. The van der Waals surface area contributed by atoms with E-state index in [1.54, 1.807) is 43.5 Å². The van der Waals surface area contributed by atoms with Crippen LogP contribution in [0.5, 0.6) is 0 Å². The lowest BCUT2D eigenvalue weighted by atomic mass is 10.1. The molecule has 1 amide bonds. The second-order valence-electron chi connectivity index (χ2n) is 6.17. The van der Waals surface area contributed by atoms with E-state index in [0.29, 0.717) is 35.8 Å². The van der Waals surface area contributed by atoms with Crippen LogP contribution in [0.25, 0.3) is 0 Å². The van der Waals surface area contributed by atoms with E-state index in [0.717, 1.165) is 19.4 Å². The molecule has 0 aliphatic carbocycles. The minimum absolute atomic E-state index is 0.0878. The molecule has 1 saturated heterocycles. The van der Waals surface area contributed by atoms with Crippen LogP contribution in [0.4, 0.5) is 11.5 Å². The Bertz CT molecular complexity index is 803. The number of hydrogen-bond donors (Lipinski definition) is 2. The van der Waals surface area contributed by atoms with Gasteiger partial charge < -0.3 is 20.1 Å². The fourth-order valence-electron chi connectivity index (χ4n) is 2.87. The molecule has 27 heavy (non-hydrogen) atoms. The highest BCUT2D eigenvalue weighted by molar-refractivity contribution is 5.97. The van der Waals surface area contributed by atoms with Crippen LogP contribution in [-0.4, -0.2) is 42.7 Å². The first kappa shape index (κ1) is 18.8. The lowest BCUT2D eigenvalue weighted by Crippen LogP contribution is -2.31. The number of anilines is 2. The summed E-state index contributed by atoms with van der Waals surface area (Å²) in [5.74, 6) is -0.128. The number of rotatable bonds is 7. The normalized spacial score (nSPS) is 16.0. The van der Waals surface area contributed by atoms with Crippen molar-refractivity contribution in [1.82, 2.24) is 10.3 Å². The highest BCUT2D eigenvalue weighted by Gasteiger charge is 2.17. The second kappa shape index (κ2) is 9.14. The standard InChI is InChI=1S/C20H23N3O4/c1-2-26-20(25)16-7-3-4-8-17(16)23-18-12-14(9-10-21-18)19(24)22-13-15-6-5-11-27-15/h3-4,7-10,12,15H,2,5-6,11,13H2,1H3,(H,21,23)(H,22,24). The molecule has 2 N–H and O–H groups in total. The highest BCUT2D eigenvalue weighted by atomic mass is 16.5. The molecular formula is C20H23N3O4. The average Bonchev–Trinajstić information content (AvgIpc) is 3.20. The molecule has 1 aromatic carbocycles. The maximum absolute atomic E-state index is 12.4. The second-order valence-corrected chi connectivity index (χ2v) is 6.17. The summed E-state index contributed by atoms with van der Waals surface area (Å²) in [4.78, 5) is 28.7. The SMILES string of the molecule is CCOC(=O)c1ccccc1Nc1cc(C(=O)NCC2CCCO2)ccn1. The lowest BCUT2D eigenvalue weighted by Gasteiger charge is -2.13. The van der Waals surface area contributed by atoms with E-state index in [2.05, 4.69) is 15.6 Å². The van der Waals surface area contributed by atoms with Crippen LogP contribution in [0, 0.1) is 0 Å². The molecule has 1 fully saturated rings. The summed E-state index contributed by atoms with van der Waals surface area (Å²) in [5.41, 5.74) is 1.47. The maximum atomic E-state index is 12.4. The van der Waals surface area contributed by atoms with E-state index in [9.17, 15) is 9.59 Å². The van der Waals surface area contributed by atoms with Gasteiger partial charge in [-0.1, -0.05) is 12.1 Å². The van der Waals surface area contributed by atoms with Gasteiger partial charge in [0.05, 0.1) is 24.0 Å². The molecule has 1 unspecified atom stereocenters. The third-order valence-electron chi connectivity index (χ3n) is 4.22. The van der Waals surface area contributed by atoms with Crippen molar-refractivity contribution in [2.75, 3.05) is 25.1 Å². The van der Waals surface area contributed by atoms with Crippen LogP contribution >= 0.6 is 0 Å². The Labute approximate surface area is 158 Å². The topological polar surface area (TPSA) is 89.5 Å². The molecule has 0 bridgehead atoms. The minimum Gasteiger partial charge on any atom is -0.462 e. The molecule has 3 rings (SSSR count). The van der Waals surface area contributed by atoms with Crippen molar-refractivity contribution >= 4 is 23.4 Å². The number of carbonyl (C=O) groups is 2. The van der Waals surface area contributed by atoms with E-state index in [1.165, 1.54) is 0 Å². The van der Waals surface area contributed by atoms with Gasteiger partial charge in [-0.2, -0.15) is 0 Å². The predicted molar refractivity (Wildman–Crippen MR) is 101 cm³/mol. The number of carbonyl (C=O) groups excluding carboxylic acids is 2. The number of ether oxygens (including phenoxy) is 2. The van der Waals surface area contributed by atoms with Gasteiger partial charge >= 0.3 is 5.97 Å². The number of hydrogen-bond acceptors (Lipinski definition) is 6. The van der Waals surface area contributed by atoms with E-state index >= 15 is 0 Å². The molecule has 1 aromatic heterocycles. The highest BCUT2D eigenvalue weighted by Crippen LogP contribution is 2.21. The number of amides is 1. The van der Waals surface area contributed by atoms with Gasteiger partial charge in [0, 0.05) is 24.9 Å². The van der Waals surface area contributed by atoms with Gasteiger partial charge in [-0.05, 0) is 44.0 Å². The Hall–Kier alpha value is -2.93. The number of aromatic nitrogens is 1.